The third kappa shape index (κ3) is 3.63. The van der Waals surface area contributed by atoms with E-state index in [1.54, 1.807) is 23.2 Å². The first-order valence-corrected chi connectivity index (χ1v) is 12.2. The van der Waals surface area contributed by atoms with Crippen LogP contribution in [-0.4, -0.2) is 44.4 Å². The molecule has 3 aliphatic rings. The van der Waals surface area contributed by atoms with Crippen LogP contribution in [0, 0.1) is 0 Å². The molecule has 6 rings (SSSR count). The first-order chi connectivity index (χ1) is 16.6. The number of fused-ring (bicyclic) bond motifs is 2. The van der Waals surface area contributed by atoms with Crippen molar-refractivity contribution in [1.82, 2.24) is 14.3 Å². The number of anilines is 1. The van der Waals surface area contributed by atoms with Gasteiger partial charge in [-0.05, 0) is 48.7 Å². The molecule has 0 atom stereocenters. The highest BCUT2D eigenvalue weighted by Gasteiger charge is 2.33. The van der Waals surface area contributed by atoms with Crippen LogP contribution in [0.5, 0.6) is 11.5 Å². The molecular weight excluding hydrogens is 472 g/mol. The van der Waals surface area contributed by atoms with Gasteiger partial charge in [0.2, 0.25) is 6.79 Å². The normalized spacial score (nSPS) is 18.6. The number of thioether (sulfide) groups is 1. The fourth-order valence-electron chi connectivity index (χ4n) is 4.38. The van der Waals surface area contributed by atoms with Gasteiger partial charge < -0.3 is 14.4 Å². The number of carbonyl (C=O) groups is 1. The third-order valence-corrected chi connectivity index (χ3v) is 7.46. The smallest absolute Gasteiger partial charge is 0.267 e. The summed E-state index contributed by atoms with van der Waals surface area (Å²) in [6, 6.07) is 11.0. The summed E-state index contributed by atoms with van der Waals surface area (Å²) in [4.78, 5) is 35.6. The first-order valence-electron chi connectivity index (χ1n) is 11.0. The molecule has 0 bridgehead atoms. The van der Waals surface area contributed by atoms with Crippen LogP contribution in [0.2, 0.25) is 0 Å². The van der Waals surface area contributed by atoms with E-state index in [9.17, 15) is 9.59 Å². The Balaban J connectivity index is 1.36. The summed E-state index contributed by atoms with van der Waals surface area (Å²) in [5.41, 5.74) is 1.68. The van der Waals surface area contributed by atoms with E-state index < -0.39 is 0 Å². The Hall–Kier alpha value is -3.37. The zero-order valence-corrected chi connectivity index (χ0v) is 19.7. The monoisotopic (exact) mass is 492 g/mol. The van der Waals surface area contributed by atoms with Crippen molar-refractivity contribution in [2.24, 2.45) is 0 Å². The van der Waals surface area contributed by atoms with Gasteiger partial charge in [-0.15, -0.1) is 0 Å². The van der Waals surface area contributed by atoms with Gasteiger partial charge in [0.15, 0.2) is 11.5 Å². The van der Waals surface area contributed by atoms with Crippen molar-refractivity contribution < 1.29 is 14.3 Å². The summed E-state index contributed by atoms with van der Waals surface area (Å²) in [7, 11) is 0. The molecule has 0 spiro atoms. The predicted molar refractivity (Wildman–Crippen MR) is 134 cm³/mol. The molecule has 1 aromatic carbocycles. The first kappa shape index (κ1) is 21.2. The maximum Gasteiger partial charge on any atom is 0.267 e. The maximum atomic E-state index is 13.4. The summed E-state index contributed by atoms with van der Waals surface area (Å²) >= 11 is 6.73. The molecule has 0 saturated carbocycles. The van der Waals surface area contributed by atoms with E-state index in [4.69, 9.17) is 26.7 Å². The number of pyridine rings is 1. The number of ether oxygens (including phenoxy) is 2. The second-order valence-corrected chi connectivity index (χ2v) is 9.91. The van der Waals surface area contributed by atoms with Gasteiger partial charge in [0.25, 0.3) is 11.5 Å². The lowest BCUT2D eigenvalue weighted by atomic mass is 10.2. The summed E-state index contributed by atoms with van der Waals surface area (Å²) < 4.78 is 12.8. The van der Waals surface area contributed by atoms with Crippen LogP contribution >= 0.6 is 24.0 Å². The molecule has 3 aliphatic heterocycles. The third-order valence-electron chi connectivity index (χ3n) is 6.08. The number of benzene rings is 1. The highest BCUT2D eigenvalue weighted by atomic mass is 32.2. The molecule has 3 aromatic rings. The van der Waals surface area contributed by atoms with E-state index >= 15 is 0 Å². The van der Waals surface area contributed by atoms with Crippen LogP contribution in [0.4, 0.5) is 5.82 Å². The Kier molecular flexibility index (Phi) is 5.26. The van der Waals surface area contributed by atoms with Gasteiger partial charge in [-0.3, -0.25) is 18.9 Å². The minimum absolute atomic E-state index is 0.192. The van der Waals surface area contributed by atoms with Gasteiger partial charge in [-0.25, -0.2) is 4.98 Å². The summed E-state index contributed by atoms with van der Waals surface area (Å²) in [5, 5.41) is 0. The van der Waals surface area contributed by atoms with E-state index in [-0.39, 0.29) is 18.3 Å². The Morgan fingerprint density at radius 2 is 1.91 bits per heavy atom. The van der Waals surface area contributed by atoms with Gasteiger partial charge in [-0.2, -0.15) is 0 Å². The number of hydrogen-bond donors (Lipinski definition) is 0. The van der Waals surface area contributed by atoms with Crippen molar-refractivity contribution in [3.05, 3.63) is 69.0 Å². The highest BCUT2D eigenvalue weighted by Crippen LogP contribution is 2.37. The molecule has 0 N–H and O–H groups in total. The van der Waals surface area contributed by atoms with Gasteiger partial charge in [0.1, 0.15) is 15.8 Å². The van der Waals surface area contributed by atoms with Crippen LogP contribution in [0.15, 0.2) is 52.3 Å². The number of rotatable bonds is 4. The Labute approximate surface area is 204 Å². The molecule has 2 fully saturated rings. The van der Waals surface area contributed by atoms with Crippen molar-refractivity contribution >= 4 is 51.7 Å². The largest absolute Gasteiger partial charge is 0.454 e. The van der Waals surface area contributed by atoms with Crippen molar-refractivity contribution in [3.8, 4) is 11.5 Å². The lowest BCUT2D eigenvalue weighted by molar-refractivity contribution is -0.122. The van der Waals surface area contributed by atoms with Crippen LogP contribution < -0.4 is 19.9 Å². The van der Waals surface area contributed by atoms with Gasteiger partial charge in [0.05, 0.1) is 17.0 Å². The minimum Gasteiger partial charge on any atom is -0.454 e. The predicted octanol–water partition coefficient (Wildman–Crippen LogP) is 3.42. The number of nitrogens with zero attached hydrogens (tertiary/aromatic N) is 4. The van der Waals surface area contributed by atoms with E-state index in [1.807, 2.05) is 30.3 Å². The fraction of sp³-hybridized carbons (Fsp3) is 0.250. The standard InChI is InChI=1S/C24H20N4O4S2/c29-22-16(21(26-8-3-4-9-26)25-20-5-1-2-10-27(20)22)12-19-23(30)28(24(33)34-19)13-15-6-7-17-18(11-15)32-14-31-17/h1-2,5-7,10-12H,3-4,8-9,13-14H2. The molecule has 0 radical (unpaired) electrons. The molecule has 0 aliphatic carbocycles. The quantitative estimate of drug-likeness (QED) is 0.405. The van der Waals surface area contributed by atoms with Crippen molar-refractivity contribution in [2.75, 3.05) is 24.8 Å². The van der Waals surface area contributed by atoms with E-state index in [2.05, 4.69) is 4.90 Å². The van der Waals surface area contributed by atoms with Gasteiger partial charge in [0, 0.05) is 19.3 Å². The van der Waals surface area contributed by atoms with Crippen molar-refractivity contribution in [3.63, 3.8) is 0 Å². The molecule has 0 unspecified atom stereocenters. The number of aromatic nitrogens is 2. The van der Waals surface area contributed by atoms with Crippen molar-refractivity contribution in [2.45, 2.75) is 19.4 Å². The van der Waals surface area contributed by atoms with E-state index in [0.29, 0.717) is 44.3 Å². The number of amides is 1. The molecule has 1 amide bonds. The van der Waals surface area contributed by atoms with Crippen LogP contribution in [0.25, 0.3) is 11.7 Å². The second kappa shape index (κ2) is 8.44. The minimum atomic E-state index is -0.224. The molecular formula is C24H20N4O4S2. The second-order valence-electron chi connectivity index (χ2n) is 8.23. The van der Waals surface area contributed by atoms with Crippen LogP contribution in [0.1, 0.15) is 24.0 Å². The maximum absolute atomic E-state index is 13.4. The average Bonchev–Trinajstić information content (AvgIpc) is 3.59. The highest BCUT2D eigenvalue weighted by molar-refractivity contribution is 8.26. The summed E-state index contributed by atoms with van der Waals surface area (Å²) in [6.07, 6.45) is 5.45. The molecule has 8 nitrogen and oxygen atoms in total. The summed E-state index contributed by atoms with van der Waals surface area (Å²) in [5.74, 6) is 1.74. The zero-order valence-electron chi connectivity index (χ0n) is 18.1. The van der Waals surface area contributed by atoms with Gasteiger partial charge >= 0.3 is 0 Å². The van der Waals surface area contributed by atoms with E-state index in [0.717, 1.165) is 31.5 Å². The van der Waals surface area contributed by atoms with Crippen LogP contribution in [-0.2, 0) is 11.3 Å². The average molecular weight is 493 g/mol. The SMILES string of the molecule is O=C1C(=Cc2c(N3CCCC3)nc3ccccn3c2=O)SC(=S)N1Cc1ccc2c(c1)OCO2. The van der Waals surface area contributed by atoms with E-state index in [1.165, 1.54) is 16.2 Å². The topological polar surface area (TPSA) is 76.4 Å². The Morgan fingerprint density at radius 3 is 2.76 bits per heavy atom. The molecule has 2 saturated heterocycles. The zero-order chi connectivity index (χ0) is 23.2. The summed E-state index contributed by atoms with van der Waals surface area (Å²) in [6.45, 7) is 2.17. The fourth-order valence-corrected chi connectivity index (χ4v) is 5.61. The Bertz CT molecular complexity index is 1430. The van der Waals surface area contributed by atoms with Crippen molar-refractivity contribution in [1.29, 1.82) is 0 Å². The molecule has 10 heteroatoms. The molecule has 2 aromatic heterocycles. The molecule has 5 heterocycles. The number of thiocarbonyl (C=S) groups is 1. The number of carbonyl (C=O) groups excluding carboxylic acids is 1. The lowest BCUT2D eigenvalue weighted by Gasteiger charge is -2.19. The van der Waals surface area contributed by atoms with Gasteiger partial charge in [-0.1, -0.05) is 36.1 Å². The Morgan fingerprint density at radius 1 is 1.09 bits per heavy atom. The molecule has 34 heavy (non-hydrogen) atoms. The number of hydrogen-bond acceptors (Lipinski definition) is 8. The lowest BCUT2D eigenvalue weighted by Crippen LogP contribution is -2.28. The molecule has 172 valence electrons. The van der Waals surface area contributed by atoms with Crippen LogP contribution in [0.3, 0.4) is 0 Å².